The minimum Gasteiger partial charge on any atom is -0.394 e. The number of methoxy groups -OCH3 is 1. The number of fused-ring (bicyclic) bond motifs is 1. The summed E-state index contributed by atoms with van der Waals surface area (Å²) in [5.74, 6) is 1.19. The van der Waals surface area contributed by atoms with Crippen LogP contribution in [0.15, 0.2) is 30.4 Å². The van der Waals surface area contributed by atoms with E-state index >= 15 is 0 Å². The molecule has 3 heteroatoms. The van der Waals surface area contributed by atoms with E-state index in [-0.39, 0.29) is 12.1 Å². The monoisotopic (exact) mass is 343 g/mol. The number of aliphatic hydroxyl groups is 1. The molecule has 2 aliphatic carbocycles. The summed E-state index contributed by atoms with van der Waals surface area (Å²) in [4.78, 5) is 0. The lowest BCUT2D eigenvalue weighted by Gasteiger charge is -2.25. The van der Waals surface area contributed by atoms with Crippen molar-refractivity contribution in [3.63, 3.8) is 0 Å². The van der Waals surface area contributed by atoms with Gasteiger partial charge in [0, 0.05) is 19.3 Å². The van der Waals surface area contributed by atoms with Crippen LogP contribution in [0.3, 0.4) is 0 Å². The van der Waals surface area contributed by atoms with Crippen molar-refractivity contribution in [3.8, 4) is 0 Å². The fourth-order valence-electron chi connectivity index (χ4n) is 4.44. The molecule has 3 atom stereocenters. The second kappa shape index (κ2) is 8.48. The zero-order valence-electron chi connectivity index (χ0n) is 15.5. The molecule has 2 aliphatic rings. The predicted octanol–water partition coefficient (Wildman–Crippen LogP) is 3.73. The summed E-state index contributed by atoms with van der Waals surface area (Å²) < 4.78 is 5.10. The van der Waals surface area contributed by atoms with E-state index in [2.05, 4.69) is 30.4 Å². The molecule has 3 rings (SSSR count). The number of nitrogens with two attached hydrogens (primary N) is 1. The first-order valence-electron chi connectivity index (χ1n) is 9.80. The third-order valence-corrected chi connectivity index (χ3v) is 6.05. The Morgan fingerprint density at radius 1 is 1.32 bits per heavy atom. The van der Waals surface area contributed by atoms with Crippen LogP contribution in [0.25, 0.3) is 0 Å². The van der Waals surface area contributed by atoms with Crippen LogP contribution in [0.2, 0.25) is 0 Å². The van der Waals surface area contributed by atoms with Gasteiger partial charge in [-0.05, 0) is 79.9 Å². The molecule has 0 spiro atoms. The molecule has 0 heterocycles. The average Bonchev–Trinajstić information content (AvgIpc) is 3.04. The Morgan fingerprint density at radius 2 is 2.20 bits per heavy atom. The average molecular weight is 344 g/mol. The Hall–Kier alpha value is -1.16. The summed E-state index contributed by atoms with van der Waals surface area (Å²) in [7, 11) is 1.76. The number of ether oxygens (including phenoxy) is 1. The zero-order chi connectivity index (χ0) is 17.7. The van der Waals surface area contributed by atoms with Gasteiger partial charge in [-0.15, -0.1) is 0 Å². The third kappa shape index (κ3) is 4.72. The Balaban J connectivity index is 1.58. The lowest BCUT2D eigenvalue weighted by Crippen LogP contribution is -2.40. The molecule has 1 aromatic rings. The largest absolute Gasteiger partial charge is 0.394 e. The summed E-state index contributed by atoms with van der Waals surface area (Å²) in [5.41, 5.74) is 10.4. The summed E-state index contributed by atoms with van der Waals surface area (Å²) in [6.07, 6.45) is 13.5. The van der Waals surface area contributed by atoms with E-state index in [1.54, 1.807) is 7.11 Å². The van der Waals surface area contributed by atoms with Crippen molar-refractivity contribution in [2.75, 3.05) is 20.3 Å². The van der Waals surface area contributed by atoms with Gasteiger partial charge in [0.05, 0.1) is 6.61 Å². The molecule has 0 saturated heterocycles. The quantitative estimate of drug-likeness (QED) is 0.586. The number of allylic oxidation sites excluding steroid dienone is 2. The summed E-state index contributed by atoms with van der Waals surface area (Å²) >= 11 is 0. The molecule has 3 N–H and O–H groups in total. The number of hydrogen-bond donors (Lipinski definition) is 2. The second-order valence-corrected chi connectivity index (χ2v) is 8.05. The lowest BCUT2D eigenvalue weighted by molar-refractivity contribution is 0.196. The number of rotatable bonds is 7. The van der Waals surface area contributed by atoms with Crippen molar-refractivity contribution in [3.05, 3.63) is 47.0 Å². The van der Waals surface area contributed by atoms with E-state index < -0.39 is 0 Å². The third-order valence-electron chi connectivity index (χ3n) is 6.05. The van der Waals surface area contributed by atoms with Gasteiger partial charge in [0.2, 0.25) is 0 Å². The number of benzene rings is 1. The van der Waals surface area contributed by atoms with Crippen molar-refractivity contribution in [1.82, 2.24) is 0 Å². The van der Waals surface area contributed by atoms with Gasteiger partial charge in [0.15, 0.2) is 0 Å². The molecule has 0 aliphatic heterocycles. The summed E-state index contributed by atoms with van der Waals surface area (Å²) in [6.45, 7) is 0.953. The van der Waals surface area contributed by atoms with E-state index in [1.807, 2.05) is 0 Å². The second-order valence-electron chi connectivity index (χ2n) is 8.05. The smallest absolute Gasteiger partial charge is 0.0611 e. The first kappa shape index (κ1) is 18.6. The first-order valence-corrected chi connectivity index (χ1v) is 9.80. The van der Waals surface area contributed by atoms with Crippen molar-refractivity contribution in [2.24, 2.45) is 11.7 Å². The zero-order valence-corrected chi connectivity index (χ0v) is 15.5. The van der Waals surface area contributed by atoms with E-state index in [0.29, 0.717) is 11.8 Å². The highest BCUT2D eigenvalue weighted by Crippen LogP contribution is 2.40. The molecule has 1 aromatic carbocycles. The SMILES string of the molecule is COCCC/C=C/C1CCc2cc([C@H]3CC[C@](N)(CO)C3)ccc2C1. The van der Waals surface area contributed by atoms with E-state index in [0.717, 1.165) is 38.7 Å². The molecule has 25 heavy (non-hydrogen) atoms. The van der Waals surface area contributed by atoms with Gasteiger partial charge >= 0.3 is 0 Å². The maximum Gasteiger partial charge on any atom is 0.0611 e. The highest BCUT2D eigenvalue weighted by molar-refractivity contribution is 5.37. The fraction of sp³-hybridized carbons (Fsp3) is 0.636. The number of aryl methyl sites for hydroxylation is 1. The predicted molar refractivity (Wildman–Crippen MR) is 103 cm³/mol. The Labute approximate surface area is 152 Å². The van der Waals surface area contributed by atoms with Crippen molar-refractivity contribution in [1.29, 1.82) is 0 Å². The highest BCUT2D eigenvalue weighted by Gasteiger charge is 2.36. The van der Waals surface area contributed by atoms with Gasteiger partial charge in [-0.1, -0.05) is 30.4 Å². The minimum absolute atomic E-state index is 0.104. The summed E-state index contributed by atoms with van der Waals surface area (Å²) in [5, 5.41) is 9.49. The van der Waals surface area contributed by atoms with E-state index in [1.165, 1.54) is 36.0 Å². The Kier molecular flexibility index (Phi) is 6.32. The Morgan fingerprint density at radius 3 is 2.96 bits per heavy atom. The molecule has 1 saturated carbocycles. The van der Waals surface area contributed by atoms with Crippen LogP contribution in [-0.2, 0) is 17.6 Å². The van der Waals surface area contributed by atoms with Crippen LogP contribution >= 0.6 is 0 Å². The standard InChI is InChI=1S/C22H33NO2/c1-25-12-4-2-3-5-17-6-7-19-14-20(9-8-18(19)13-17)21-10-11-22(23,15-21)16-24/h3,5,8-9,14,17,21,24H,2,4,6-7,10-13,15-16,23H2,1H3/b5-3+/t17?,21-,22+/m0/s1. The molecule has 0 amide bonds. The van der Waals surface area contributed by atoms with Crippen molar-refractivity contribution in [2.45, 2.75) is 62.8 Å². The van der Waals surface area contributed by atoms with E-state index in [4.69, 9.17) is 10.5 Å². The first-order chi connectivity index (χ1) is 12.1. The van der Waals surface area contributed by atoms with Gasteiger partial charge in [0.25, 0.3) is 0 Å². The van der Waals surface area contributed by atoms with Gasteiger partial charge in [0.1, 0.15) is 0 Å². The van der Waals surface area contributed by atoms with E-state index in [9.17, 15) is 5.11 Å². The molecule has 138 valence electrons. The van der Waals surface area contributed by atoms with Crippen LogP contribution in [0.5, 0.6) is 0 Å². The van der Waals surface area contributed by atoms with Crippen molar-refractivity contribution < 1.29 is 9.84 Å². The molecular weight excluding hydrogens is 310 g/mol. The van der Waals surface area contributed by atoms with Crippen LogP contribution in [0.1, 0.15) is 61.1 Å². The summed E-state index contributed by atoms with van der Waals surface area (Å²) in [6, 6.07) is 7.06. The normalized spacial score (nSPS) is 29.2. The maximum atomic E-state index is 9.49. The lowest BCUT2D eigenvalue weighted by atomic mass is 9.81. The maximum absolute atomic E-state index is 9.49. The van der Waals surface area contributed by atoms with Crippen molar-refractivity contribution >= 4 is 0 Å². The number of unbranched alkanes of at least 4 members (excludes halogenated alkanes) is 1. The van der Waals surface area contributed by atoms with Gasteiger partial charge in [-0.2, -0.15) is 0 Å². The molecule has 1 unspecified atom stereocenters. The van der Waals surface area contributed by atoms with Gasteiger partial charge in [-0.25, -0.2) is 0 Å². The molecule has 0 bridgehead atoms. The Bertz CT molecular complexity index is 598. The fourth-order valence-corrected chi connectivity index (χ4v) is 4.44. The molecular formula is C22H33NO2. The molecule has 1 fully saturated rings. The van der Waals surface area contributed by atoms with Gasteiger partial charge in [-0.3, -0.25) is 0 Å². The van der Waals surface area contributed by atoms with Crippen LogP contribution in [0.4, 0.5) is 0 Å². The van der Waals surface area contributed by atoms with Crippen LogP contribution in [-0.4, -0.2) is 31.0 Å². The number of hydrogen-bond acceptors (Lipinski definition) is 3. The number of aliphatic hydroxyl groups excluding tert-OH is 1. The molecule has 0 aromatic heterocycles. The van der Waals surface area contributed by atoms with Gasteiger partial charge < -0.3 is 15.6 Å². The molecule has 3 nitrogen and oxygen atoms in total. The van der Waals surface area contributed by atoms with Crippen LogP contribution < -0.4 is 5.73 Å². The van der Waals surface area contributed by atoms with Crippen LogP contribution in [0, 0.1) is 5.92 Å². The topological polar surface area (TPSA) is 55.5 Å². The highest BCUT2D eigenvalue weighted by atomic mass is 16.5. The minimum atomic E-state index is -0.362. The molecule has 0 radical (unpaired) electrons.